The number of hydrogen-bond acceptors (Lipinski definition) is 3. The van der Waals surface area contributed by atoms with E-state index in [4.69, 9.17) is 0 Å². The molecule has 2 aromatic carbocycles. The van der Waals surface area contributed by atoms with Gasteiger partial charge < -0.3 is 5.11 Å². The summed E-state index contributed by atoms with van der Waals surface area (Å²) in [5, 5.41) is 15.0. The van der Waals surface area contributed by atoms with Crippen LogP contribution in [0.25, 0.3) is 5.69 Å². The molecule has 0 aliphatic rings. The highest BCUT2D eigenvalue weighted by molar-refractivity contribution is 5.79. The lowest BCUT2D eigenvalue weighted by Gasteiger charge is -2.22. The van der Waals surface area contributed by atoms with Gasteiger partial charge in [0.1, 0.15) is 5.78 Å². The third-order valence-corrected chi connectivity index (χ3v) is 4.23. The fourth-order valence-electron chi connectivity index (χ4n) is 2.92. The Morgan fingerprint density at radius 1 is 1.08 bits per heavy atom. The summed E-state index contributed by atoms with van der Waals surface area (Å²) in [7, 11) is 0. The number of aliphatic hydroxyl groups is 1. The number of aliphatic hydroxyl groups excluding tert-OH is 1. The van der Waals surface area contributed by atoms with Crippen LogP contribution in [0, 0.1) is 5.92 Å². The van der Waals surface area contributed by atoms with Crippen LogP contribution in [0.15, 0.2) is 73.1 Å². The molecule has 24 heavy (non-hydrogen) atoms. The molecule has 4 nitrogen and oxygen atoms in total. The summed E-state index contributed by atoms with van der Waals surface area (Å²) in [6.07, 6.45) is 3.23. The van der Waals surface area contributed by atoms with E-state index >= 15 is 0 Å². The molecule has 122 valence electrons. The van der Waals surface area contributed by atoms with Gasteiger partial charge in [-0.2, -0.15) is 5.10 Å². The van der Waals surface area contributed by atoms with Crippen molar-refractivity contribution in [2.24, 2.45) is 5.92 Å². The Bertz CT molecular complexity index is 798. The van der Waals surface area contributed by atoms with Gasteiger partial charge in [0, 0.05) is 12.4 Å². The molecule has 3 rings (SSSR count). The quantitative estimate of drug-likeness (QED) is 0.758. The molecular formula is C20H20N2O2. The van der Waals surface area contributed by atoms with Crippen LogP contribution in [0.4, 0.5) is 0 Å². The standard InChI is InChI=1S/C20H20N2O2/c1-15(23)18(20(24)16-8-3-2-4-9-16)14-17-10-5-6-11-19(17)22-13-7-12-21-22/h2-13,18,20,24H,14H2,1H3/t18-,20+/m0/s1. The molecule has 3 aromatic rings. The lowest BCUT2D eigenvalue weighted by Crippen LogP contribution is -2.23. The zero-order valence-corrected chi connectivity index (χ0v) is 13.5. The van der Waals surface area contributed by atoms with Gasteiger partial charge in [0.15, 0.2) is 0 Å². The van der Waals surface area contributed by atoms with Crippen molar-refractivity contribution in [1.82, 2.24) is 9.78 Å². The number of hydrogen-bond donors (Lipinski definition) is 1. The van der Waals surface area contributed by atoms with E-state index in [1.54, 1.807) is 10.9 Å². The molecule has 0 spiro atoms. The average molecular weight is 320 g/mol. The van der Waals surface area contributed by atoms with E-state index < -0.39 is 12.0 Å². The zero-order chi connectivity index (χ0) is 16.9. The second kappa shape index (κ2) is 7.23. The number of aromatic nitrogens is 2. The second-order valence-corrected chi connectivity index (χ2v) is 5.86. The van der Waals surface area contributed by atoms with Crippen molar-refractivity contribution in [2.45, 2.75) is 19.4 Å². The van der Waals surface area contributed by atoms with E-state index in [1.165, 1.54) is 6.92 Å². The first-order valence-electron chi connectivity index (χ1n) is 7.98. The monoisotopic (exact) mass is 320 g/mol. The van der Waals surface area contributed by atoms with Gasteiger partial charge in [0.2, 0.25) is 0 Å². The minimum Gasteiger partial charge on any atom is -0.388 e. The predicted octanol–water partition coefficient (Wildman–Crippen LogP) is 3.35. The van der Waals surface area contributed by atoms with Gasteiger partial charge in [-0.25, -0.2) is 4.68 Å². The van der Waals surface area contributed by atoms with E-state index in [-0.39, 0.29) is 5.78 Å². The first-order chi connectivity index (χ1) is 11.7. The third-order valence-electron chi connectivity index (χ3n) is 4.23. The summed E-state index contributed by atoms with van der Waals surface area (Å²) in [6, 6.07) is 19.0. The van der Waals surface area contributed by atoms with Crippen molar-refractivity contribution < 1.29 is 9.90 Å². The van der Waals surface area contributed by atoms with Crippen LogP contribution >= 0.6 is 0 Å². The lowest BCUT2D eigenvalue weighted by molar-refractivity contribution is -0.124. The Balaban J connectivity index is 1.91. The van der Waals surface area contributed by atoms with E-state index in [2.05, 4.69) is 5.10 Å². The maximum absolute atomic E-state index is 12.2. The summed E-state index contributed by atoms with van der Waals surface area (Å²) in [4.78, 5) is 12.2. The van der Waals surface area contributed by atoms with Gasteiger partial charge in [0.05, 0.1) is 17.7 Å². The van der Waals surface area contributed by atoms with Crippen LogP contribution in [0.1, 0.15) is 24.2 Å². The lowest BCUT2D eigenvalue weighted by atomic mass is 9.86. The smallest absolute Gasteiger partial charge is 0.136 e. The number of carbonyl (C=O) groups is 1. The molecular weight excluding hydrogens is 300 g/mol. The van der Waals surface area contributed by atoms with Gasteiger partial charge in [-0.1, -0.05) is 48.5 Å². The molecule has 0 aliphatic heterocycles. The number of ketones is 1. The van der Waals surface area contributed by atoms with E-state index in [0.717, 1.165) is 16.8 Å². The molecule has 4 heteroatoms. The third kappa shape index (κ3) is 3.44. The van der Waals surface area contributed by atoms with Crippen molar-refractivity contribution in [2.75, 3.05) is 0 Å². The maximum atomic E-state index is 12.2. The zero-order valence-electron chi connectivity index (χ0n) is 13.5. The van der Waals surface area contributed by atoms with Gasteiger partial charge in [-0.15, -0.1) is 0 Å². The second-order valence-electron chi connectivity index (χ2n) is 5.86. The van der Waals surface area contributed by atoms with Crippen molar-refractivity contribution in [1.29, 1.82) is 0 Å². The van der Waals surface area contributed by atoms with Gasteiger partial charge >= 0.3 is 0 Å². The predicted molar refractivity (Wildman–Crippen MR) is 92.8 cm³/mol. The molecule has 1 aromatic heterocycles. The Morgan fingerprint density at radius 3 is 2.46 bits per heavy atom. The first-order valence-corrected chi connectivity index (χ1v) is 7.98. The van der Waals surface area contributed by atoms with Crippen LogP contribution in [0.2, 0.25) is 0 Å². The van der Waals surface area contributed by atoms with Crippen molar-refractivity contribution in [3.8, 4) is 5.69 Å². The van der Waals surface area contributed by atoms with Crippen molar-refractivity contribution in [3.63, 3.8) is 0 Å². The molecule has 1 heterocycles. The summed E-state index contributed by atoms with van der Waals surface area (Å²) in [5.74, 6) is -0.522. The molecule has 1 N–H and O–H groups in total. The molecule has 0 radical (unpaired) electrons. The summed E-state index contributed by atoms with van der Waals surface area (Å²) in [5.41, 5.74) is 2.67. The molecule has 0 bridgehead atoms. The SMILES string of the molecule is CC(=O)[C@H](Cc1ccccc1-n1cccn1)[C@H](O)c1ccccc1. The van der Waals surface area contributed by atoms with Crippen molar-refractivity contribution >= 4 is 5.78 Å². The van der Waals surface area contributed by atoms with Crippen LogP contribution in [-0.4, -0.2) is 20.7 Å². The fraction of sp³-hybridized carbons (Fsp3) is 0.200. The van der Waals surface area contributed by atoms with Crippen LogP contribution in [0.5, 0.6) is 0 Å². The Hall–Kier alpha value is -2.72. The van der Waals surface area contributed by atoms with E-state index in [9.17, 15) is 9.90 Å². The summed E-state index contributed by atoms with van der Waals surface area (Å²) >= 11 is 0. The number of nitrogens with zero attached hydrogens (tertiary/aromatic N) is 2. The fourth-order valence-corrected chi connectivity index (χ4v) is 2.92. The molecule has 2 atom stereocenters. The van der Waals surface area contributed by atoms with Gasteiger partial charge in [0.25, 0.3) is 0 Å². The number of benzene rings is 2. The minimum atomic E-state index is -0.825. The topological polar surface area (TPSA) is 55.1 Å². The Morgan fingerprint density at radius 2 is 1.79 bits per heavy atom. The van der Waals surface area contributed by atoms with Gasteiger partial charge in [-0.05, 0) is 36.6 Å². The molecule has 0 aliphatic carbocycles. The molecule has 0 saturated heterocycles. The maximum Gasteiger partial charge on any atom is 0.136 e. The highest BCUT2D eigenvalue weighted by Crippen LogP contribution is 2.28. The molecule has 0 unspecified atom stereocenters. The van der Waals surface area contributed by atoms with Gasteiger partial charge in [-0.3, -0.25) is 4.79 Å². The highest BCUT2D eigenvalue weighted by Gasteiger charge is 2.26. The first kappa shape index (κ1) is 16.1. The number of rotatable bonds is 6. The van der Waals surface area contributed by atoms with Crippen molar-refractivity contribution in [3.05, 3.63) is 84.2 Å². The average Bonchev–Trinajstić information content (AvgIpc) is 3.14. The molecule has 0 fully saturated rings. The minimum absolute atomic E-state index is 0.0263. The number of carbonyl (C=O) groups excluding carboxylic acids is 1. The Kier molecular flexibility index (Phi) is 4.87. The van der Waals surface area contributed by atoms with Crippen LogP contribution in [0.3, 0.4) is 0 Å². The largest absolute Gasteiger partial charge is 0.388 e. The van der Waals surface area contributed by atoms with E-state index in [1.807, 2.05) is 66.9 Å². The molecule has 0 amide bonds. The normalized spacial score (nSPS) is 13.4. The Labute approximate surface area is 141 Å². The van der Waals surface area contributed by atoms with E-state index in [0.29, 0.717) is 6.42 Å². The molecule has 0 saturated carbocycles. The summed E-state index contributed by atoms with van der Waals surface area (Å²) in [6.45, 7) is 1.54. The van der Waals surface area contributed by atoms with Crippen LogP contribution in [-0.2, 0) is 11.2 Å². The highest BCUT2D eigenvalue weighted by atomic mass is 16.3. The summed E-state index contributed by atoms with van der Waals surface area (Å²) < 4.78 is 1.78. The number of Topliss-reactive ketones (excluding diaryl/α,β-unsaturated/α-hetero) is 1. The van der Waals surface area contributed by atoms with Crippen LogP contribution < -0.4 is 0 Å². The number of para-hydroxylation sites is 1.